The number of hydrogen-bond donors (Lipinski definition) is 1. The standard InChI is InChI=1S/C8H20N2/c1-6-7(2)9-8(3)10(4)5/h7-9H,6H2,1-5H3. The van der Waals surface area contributed by atoms with Gasteiger partial charge in [0, 0.05) is 6.04 Å². The van der Waals surface area contributed by atoms with E-state index in [1.165, 1.54) is 6.42 Å². The van der Waals surface area contributed by atoms with Gasteiger partial charge in [-0.25, -0.2) is 0 Å². The van der Waals surface area contributed by atoms with E-state index in [-0.39, 0.29) is 0 Å². The summed E-state index contributed by atoms with van der Waals surface area (Å²) in [6.07, 6.45) is 1.67. The van der Waals surface area contributed by atoms with Crippen LogP contribution in [0.15, 0.2) is 0 Å². The van der Waals surface area contributed by atoms with E-state index >= 15 is 0 Å². The fourth-order valence-electron chi connectivity index (χ4n) is 0.679. The first kappa shape index (κ1) is 9.92. The van der Waals surface area contributed by atoms with Crippen LogP contribution in [0.25, 0.3) is 0 Å². The largest absolute Gasteiger partial charge is 0.299 e. The van der Waals surface area contributed by atoms with Crippen LogP contribution < -0.4 is 5.32 Å². The molecule has 2 nitrogen and oxygen atoms in total. The highest BCUT2D eigenvalue weighted by atomic mass is 15.2. The molecule has 0 aromatic heterocycles. The third-order valence-electron chi connectivity index (χ3n) is 1.91. The van der Waals surface area contributed by atoms with Gasteiger partial charge in [0.15, 0.2) is 0 Å². The molecule has 2 atom stereocenters. The number of hydrogen-bond acceptors (Lipinski definition) is 2. The van der Waals surface area contributed by atoms with E-state index in [4.69, 9.17) is 0 Å². The lowest BCUT2D eigenvalue weighted by Gasteiger charge is -2.24. The lowest BCUT2D eigenvalue weighted by molar-refractivity contribution is 0.244. The average molecular weight is 144 g/mol. The van der Waals surface area contributed by atoms with Crippen LogP contribution in [0.5, 0.6) is 0 Å². The Hall–Kier alpha value is -0.0800. The maximum atomic E-state index is 3.45. The summed E-state index contributed by atoms with van der Waals surface area (Å²) in [6, 6.07) is 0.623. The zero-order chi connectivity index (χ0) is 8.15. The van der Waals surface area contributed by atoms with Gasteiger partial charge in [0.1, 0.15) is 0 Å². The van der Waals surface area contributed by atoms with Crippen molar-refractivity contribution >= 4 is 0 Å². The topological polar surface area (TPSA) is 15.3 Å². The van der Waals surface area contributed by atoms with Gasteiger partial charge < -0.3 is 0 Å². The Morgan fingerprint density at radius 3 is 2.10 bits per heavy atom. The highest BCUT2D eigenvalue weighted by molar-refractivity contribution is 4.62. The fourth-order valence-corrected chi connectivity index (χ4v) is 0.679. The predicted molar refractivity (Wildman–Crippen MR) is 46.0 cm³/mol. The smallest absolute Gasteiger partial charge is 0.0564 e. The first-order valence-electron chi connectivity index (χ1n) is 4.00. The van der Waals surface area contributed by atoms with Crippen molar-refractivity contribution in [1.82, 2.24) is 10.2 Å². The summed E-state index contributed by atoms with van der Waals surface area (Å²) in [6.45, 7) is 6.58. The van der Waals surface area contributed by atoms with Crippen molar-refractivity contribution in [2.45, 2.75) is 39.4 Å². The van der Waals surface area contributed by atoms with Crippen LogP contribution in [0.3, 0.4) is 0 Å². The molecule has 0 bridgehead atoms. The molecule has 2 unspecified atom stereocenters. The highest BCUT2D eigenvalue weighted by Crippen LogP contribution is 1.92. The molecule has 0 radical (unpaired) electrons. The van der Waals surface area contributed by atoms with Crippen molar-refractivity contribution < 1.29 is 0 Å². The van der Waals surface area contributed by atoms with E-state index < -0.39 is 0 Å². The molecule has 10 heavy (non-hydrogen) atoms. The Labute approximate surface area is 64.6 Å². The van der Waals surface area contributed by atoms with Gasteiger partial charge in [-0.15, -0.1) is 0 Å². The molecule has 0 aromatic rings. The summed E-state index contributed by atoms with van der Waals surface area (Å²) < 4.78 is 0. The maximum absolute atomic E-state index is 3.45. The SMILES string of the molecule is CCC(C)NC(C)N(C)C. The molecule has 0 heterocycles. The lowest BCUT2D eigenvalue weighted by Crippen LogP contribution is -2.43. The first-order valence-corrected chi connectivity index (χ1v) is 4.00. The number of nitrogens with one attached hydrogen (secondary N) is 1. The van der Waals surface area contributed by atoms with Crippen LogP contribution in [-0.4, -0.2) is 31.2 Å². The molecule has 1 N–H and O–H groups in total. The van der Waals surface area contributed by atoms with E-state index in [2.05, 4.69) is 45.1 Å². The van der Waals surface area contributed by atoms with E-state index in [0.717, 1.165) is 0 Å². The molecule has 0 fully saturated rings. The van der Waals surface area contributed by atoms with Crippen molar-refractivity contribution in [3.63, 3.8) is 0 Å². The lowest BCUT2D eigenvalue weighted by atomic mass is 10.2. The molecule has 0 aliphatic heterocycles. The van der Waals surface area contributed by atoms with Crippen molar-refractivity contribution in [2.24, 2.45) is 0 Å². The summed E-state index contributed by atoms with van der Waals surface area (Å²) >= 11 is 0. The molecular weight excluding hydrogens is 124 g/mol. The highest BCUT2D eigenvalue weighted by Gasteiger charge is 2.05. The van der Waals surface area contributed by atoms with Crippen LogP contribution in [0.4, 0.5) is 0 Å². The third kappa shape index (κ3) is 3.85. The summed E-state index contributed by atoms with van der Waals surface area (Å²) in [5.74, 6) is 0. The van der Waals surface area contributed by atoms with Crippen LogP contribution >= 0.6 is 0 Å². The Bertz CT molecular complexity index is 81.3. The van der Waals surface area contributed by atoms with E-state index in [1.807, 2.05) is 0 Å². The quantitative estimate of drug-likeness (QED) is 0.598. The third-order valence-corrected chi connectivity index (χ3v) is 1.91. The zero-order valence-electron chi connectivity index (χ0n) is 7.81. The molecular formula is C8H20N2. The molecule has 0 amide bonds. The number of rotatable bonds is 4. The van der Waals surface area contributed by atoms with Gasteiger partial charge in [0.2, 0.25) is 0 Å². The second kappa shape index (κ2) is 4.69. The van der Waals surface area contributed by atoms with Crippen LogP contribution in [0.2, 0.25) is 0 Å². The van der Waals surface area contributed by atoms with Crippen LogP contribution in [0, 0.1) is 0 Å². The molecule has 0 spiro atoms. The van der Waals surface area contributed by atoms with Crippen molar-refractivity contribution in [1.29, 1.82) is 0 Å². The van der Waals surface area contributed by atoms with Gasteiger partial charge >= 0.3 is 0 Å². The van der Waals surface area contributed by atoms with Crippen LogP contribution in [-0.2, 0) is 0 Å². The molecule has 0 aromatic carbocycles. The maximum Gasteiger partial charge on any atom is 0.0564 e. The van der Waals surface area contributed by atoms with Crippen molar-refractivity contribution in [3.05, 3.63) is 0 Å². The van der Waals surface area contributed by atoms with Crippen molar-refractivity contribution in [3.8, 4) is 0 Å². The summed E-state index contributed by atoms with van der Waals surface area (Å²) in [5.41, 5.74) is 0. The first-order chi connectivity index (χ1) is 4.57. The second-order valence-corrected chi connectivity index (χ2v) is 3.12. The van der Waals surface area contributed by atoms with Gasteiger partial charge in [0.05, 0.1) is 6.17 Å². The Morgan fingerprint density at radius 1 is 1.30 bits per heavy atom. The second-order valence-electron chi connectivity index (χ2n) is 3.12. The molecule has 62 valence electrons. The minimum absolute atomic E-state index is 0.481. The van der Waals surface area contributed by atoms with E-state index in [9.17, 15) is 0 Å². The fraction of sp³-hybridized carbons (Fsp3) is 1.00. The van der Waals surface area contributed by atoms with Gasteiger partial charge in [-0.1, -0.05) is 6.92 Å². The van der Waals surface area contributed by atoms with Crippen LogP contribution in [0.1, 0.15) is 27.2 Å². The van der Waals surface area contributed by atoms with Gasteiger partial charge in [-0.2, -0.15) is 0 Å². The molecule has 0 saturated carbocycles. The zero-order valence-corrected chi connectivity index (χ0v) is 7.81. The molecule has 2 heteroatoms. The molecule has 0 rings (SSSR count). The van der Waals surface area contributed by atoms with E-state index in [0.29, 0.717) is 12.2 Å². The normalized spacial score (nSPS) is 17.4. The summed E-state index contributed by atoms with van der Waals surface area (Å²) in [4.78, 5) is 2.17. The Balaban J connectivity index is 3.46. The molecule has 0 aliphatic carbocycles. The molecule has 0 aliphatic rings. The average Bonchev–Trinajstić information content (AvgIpc) is 1.87. The molecule has 0 saturated heterocycles. The minimum atomic E-state index is 0.481. The Morgan fingerprint density at radius 2 is 1.80 bits per heavy atom. The van der Waals surface area contributed by atoms with Gasteiger partial charge in [-0.05, 0) is 34.4 Å². The van der Waals surface area contributed by atoms with E-state index in [1.54, 1.807) is 0 Å². The van der Waals surface area contributed by atoms with Gasteiger partial charge in [-0.3, -0.25) is 10.2 Å². The number of nitrogens with zero attached hydrogens (tertiary/aromatic N) is 1. The van der Waals surface area contributed by atoms with Crippen molar-refractivity contribution in [2.75, 3.05) is 14.1 Å². The summed E-state index contributed by atoms with van der Waals surface area (Å²) in [7, 11) is 4.17. The summed E-state index contributed by atoms with van der Waals surface area (Å²) in [5, 5.41) is 3.45. The predicted octanol–water partition coefficient (Wildman–Crippen LogP) is 1.28. The minimum Gasteiger partial charge on any atom is -0.299 e. The Kier molecular flexibility index (Phi) is 4.65. The van der Waals surface area contributed by atoms with Gasteiger partial charge in [0.25, 0.3) is 0 Å². The monoisotopic (exact) mass is 144 g/mol.